The largest absolute Gasteiger partial charge is 0.497 e. The summed E-state index contributed by atoms with van der Waals surface area (Å²) >= 11 is 0. The smallest absolute Gasteiger partial charge is 0.119 e. The molecule has 0 aliphatic carbocycles. The fourth-order valence-corrected chi connectivity index (χ4v) is 1.69. The first-order valence-electron chi connectivity index (χ1n) is 5.13. The number of ether oxygens (including phenoxy) is 1. The molecule has 0 radical (unpaired) electrons. The van der Waals surface area contributed by atoms with E-state index in [0.717, 1.165) is 18.7 Å². The van der Waals surface area contributed by atoms with Gasteiger partial charge in [0.2, 0.25) is 0 Å². The monoisotopic (exact) mass is 204 g/mol. The minimum atomic E-state index is 0.904. The van der Waals surface area contributed by atoms with Crippen LogP contribution >= 0.6 is 0 Å². The van der Waals surface area contributed by atoms with Gasteiger partial charge in [-0.3, -0.25) is 0 Å². The number of rotatable bonds is 4. The van der Waals surface area contributed by atoms with Crippen LogP contribution in [0.3, 0.4) is 0 Å². The lowest BCUT2D eigenvalue weighted by molar-refractivity contribution is 0.415. The Bertz CT molecular complexity index is 448. The second-order valence-electron chi connectivity index (χ2n) is 3.60. The topological polar surface area (TPSA) is 37.0 Å². The van der Waals surface area contributed by atoms with Gasteiger partial charge >= 0.3 is 0 Å². The van der Waals surface area contributed by atoms with Crippen LogP contribution in [0.4, 0.5) is 0 Å². The molecule has 1 heterocycles. The number of methoxy groups -OCH3 is 1. The molecule has 0 saturated heterocycles. The van der Waals surface area contributed by atoms with Crippen LogP contribution in [0.15, 0.2) is 24.3 Å². The predicted molar refractivity (Wildman–Crippen MR) is 62.5 cm³/mol. The molecule has 2 N–H and O–H groups in total. The molecule has 0 amide bonds. The standard InChI is InChI=1S/C12H16N2O/c1-13-6-5-10-7-9-8-11(15-2)3-4-12(9)14-10/h3-4,7-8,13-14H,5-6H2,1-2H3. The van der Waals surface area contributed by atoms with Crippen LogP contribution in [0.5, 0.6) is 5.75 Å². The number of hydrogen-bond donors (Lipinski definition) is 2. The van der Waals surface area contributed by atoms with E-state index in [4.69, 9.17) is 4.74 Å². The lowest BCUT2D eigenvalue weighted by Gasteiger charge is -1.97. The van der Waals surface area contributed by atoms with Crippen LogP contribution in [0.25, 0.3) is 10.9 Å². The van der Waals surface area contributed by atoms with Crippen molar-refractivity contribution in [3.63, 3.8) is 0 Å². The molecule has 0 fully saturated rings. The zero-order chi connectivity index (χ0) is 10.7. The zero-order valence-electron chi connectivity index (χ0n) is 9.13. The van der Waals surface area contributed by atoms with Crippen molar-refractivity contribution in [3.8, 4) is 5.75 Å². The Labute approximate surface area is 89.4 Å². The van der Waals surface area contributed by atoms with E-state index in [9.17, 15) is 0 Å². The van der Waals surface area contributed by atoms with E-state index in [1.165, 1.54) is 16.6 Å². The molecular weight excluding hydrogens is 188 g/mol. The van der Waals surface area contributed by atoms with Crippen LogP contribution in [0, 0.1) is 0 Å². The zero-order valence-corrected chi connectivity index (χ0v) is 9.13. The molecule has 0 aliphatic heterocycles. The van der Waals surface area contributed by atoms with E-state index in [0.29, 0.717) is 0 Å². The maximum Gasteiger partial charge on any atom is 0.119 e. The van der Waals surface area contributed by atoms with Gasteiger partial charge in [0.1, 0.15) is 5.75 Å². The lowest BCUT2D eigenvalue weighted by atomic mass is 10.2. The SMILES string of the molecule is CNCCc1cc2cc(OC)ccc2[nH]1. The van der Waals surface area contributed by atoms with Gasteiger partial charge in [0.25, 0.3) is 0 Å². The third-order valence-corrected chi connectivity index (χ3v) is 2.53. The van der Waals surface area contributed by atoms with Crippen LogP contribution in [0.1, 0.15) is 5.69 Å². The van der Waals surface area contributed by atoms with E-state index in [-0.39, 0.29) is 0 Å². The summed E-state index contributed by atoms with van der Waals surface area (Å²) in [5, 5.41) is 4.35. The molecule has 0 spiro atoms. The Morgan fingerprint density at radius 1 is 1.33 bits per heavy atom. The number of hydrogen-bond acceptors (Lipinski definition) is 2. The van der Waals surface area contributed by atoms with Crippen molar-refractivity contribution in [3.05, 3.63) is 30.0 Å². The van der Waals surface area contributed by atoms with E-state index in [2.05, 4.69) is 28.5 Å². The summed E-state index contributed by atoms with van der Waals surface area (Å²) in [5.41, 5.74) is 2.43. The van der Waals surface area contributed by atoms with Crippen molar-refractivity contribution in [2.24, 2.45) is 0 Å². The number of nitrogens with one attached hydrogen (secondary N) is 2. The molecule has 80 valence electrons. The van der Waals surface area contributed by atoms with Gasteiger partial charge in [-0.05, 0) is 37.7 Å². The first-order chi connectivity index (χ1) is 7.33. The van der Waals surface area contributed by atoms with Crippen molar-refractivity contribution < 1.29 is 4.74 Å². The van der Waals surface area contributed by atoms with Gasteiger partial charge in [-0.2, -0.15) is 0 Å². The summed E-state index contributed by atoms with van der Waals surface area (Å²) in [7, 11) is 3.65. The maximum absolute atomic E-state index is 5.19. The summed E-state index contributed by atoms with van der Waals surface area (Å²) in [6.45, 7) is 0.990. The minimum absolute atomic E-state index is 0.904. The van der Waals surface area contributed by atoms with Gasteiger partial charge in [0, 0.05) is 23.1 Å². The minimum Gasteiger partial charge on any atom is -0.497 e. The lowest BCUT2D eigenvalue weighted by Crippen LogP contribution is -2.10. The average molecular weight is 204 g/mol. The highest BCUT2D eigenvalue weighted by molar-refractivity contribution is 5.81. The summed E-state index contributed by atoms with van der Waals surface area (Å²) in [6, 6.07) is 8.25. The molecule has 3 heteroatoms. The molecule has 0 saturated carbocycles. The first-order valence-corrected chi connectivity index (χ1v) is 5.13. The Morgan fingerprint density at radius 2 is 2.20 bits per heavy atom. The number of H-pyrrole nitrogens is 1. The number of benzene rings is 1. The molecule has 15 heavy (non-hydrogen) atoms. The first kappa shape index (κ1) is 10.1. The summed E-state index contributed by atoms with van der Waals surface area (Å²) in [4.78, 5) is 3.39. The van der Waals surface area contributed by atoms with Gasteiger partial charge in [-0.1, -0.05) is 0 Å². The second-order valence-corrected chi connectivity index (χ2v) is 3.60. The van der Waals surface area contributed by atoms with Crippen molar-refractivity contribution in [2.75, 3.05) is 20.7 Å². The van der Waals surface area contributed by atoms with Crippen LogP contribution < -0.4 is 10.1 Å². The van der Waals surface area contributed by atoms with Gasteiger partial charge < -0.3 is 15.0 Å². The molecule has 0 bridgehead atoms. The molecule has 1 aromatic heterocycles. The average Bonchev–Trinajstić information content (AvgIpc) is 2.67. The predicted octanol–water partition coefficient (Wildman–Crippen LogP) is 1.94. The third-order valence-electron chi connectivity index (χ3n) is 2.53. The van der Waals surface area contributed by atoms with Gasteiger partial charge in [0.05, 0.1) is 7.11 Å². The molecular formula is C12H16N2O. The Hall–Kier alpha value is -1.48. The number of aromatic nitrogens is 1. The summed E-state index contributed by atoms with van der Waals surface area (Å²) in [6.07, 6.45) is 1.02. The fourth-order valence-electron chi connectivity index (χ4n) is 1.69. The summed E-state index contributed by atoms with van der Waals surface area (Å²) in [5.74, 6) is 0.904. The second kappa shape index (κ2) is 4.36. The Morgan fingerprint density at radius 3 is 2.93 bits per heavy atom. The molecule has 3 nitrogen and oxygen atoms in total. The molecule has 2 rings (SSSR count). The van der Waals surface area contributed by atoms with Gasteiger partial charge in [-0.25, -0.2) is 0 Å². The number of likely N-dealkylation sites (N-methyl/N-ethyl adjacent to an activating group) is 1. The Kier molecular flexibility index (Phi) is 2.92. The molecule has 2 aromatic rings. The van der Waals surface area contributed by atoms with Gasteiger partial charge in [-0.15, -0.1) is 0 Å². The molecule has 0 unspecified atom stereocenters. The van der Waals surface area contributed by atoms with Crippen molar-refractivity contribution in [1.29, 1.82) is 0 Å². The number of aromatic amines is 1. The van der Waals surface area contributed by atoms with E-state index in [1.807, 2.05) is 13.1 Å². The maximum atomic E-state index is 5.19. The fraction of sp³-hybridized carbons (Fsp3) is 0.333. The number of fused-ring (bicyclic) bond motifs is 1. The van der Waals surface area contributed by atoms with E-state index >= 15 is 0 Å². The van der Waals surface area contributed by atoms with Gasteiger partial charge in [0.15, 0.2) is 0 Å². The molecule has 1 aromatic carbocycles. The van der Waals surface area contributed by atoms with E-state index in [1.54, 1.807) is 7.11 Å². The summed E-state index contributed by atoms with van der Waals surface area (Å²) < 4.78 is 5.19. The highest BCUT2D eigenvalue weighted by Gasteiger charge is 2.01. The van der Waals surface area contributed by atoms with Crippen LogP contribution in [-0.2, 0) is 6.42 Å². The molecule has 0 aliphatic rings. The normalized spacial score (nSPS) is 10.8. The van der Waals surface area contributed by atoms with Crippen LogP contribution in [-0.4, -0.2) is 25.7 Å². The van der Waals surface area contributed by atoms with E-state index < -0.39 is 0 Å². The highest BCUT2D eigenvalue weighted by Crippen LogP contribution is 2.21. The quantitative estimate of drug-likeness (QED) is 0.798. The van der Waals surface area contributed by atoms with Crippen LogP contribution in [0.2, 0.25) is 0 Å². The third kappa shape index (κ3) is 2.13. The highest BCUT2D eigenvalue weighted by atomic mass is 16.5. The molecule has 0 atom stereocenters. The Balaban J connectivity index is 2.29. The van der Waals surface area contributed by atoms with Crippen molar-refractivity contribution in [1.82, 2.24) is 10.3 Å². The van der Waals surface area contributed by atoms with Crippen molar-refractivity contribution >= 4 is 10.9 Å². The van der Waals surface area contributed by atoms with Crippen molar-refractivity contribution in [2.45, 2.75) is 6.42 Å².